The quantitative estimate of drug-likeness (QED) is 0.0922. The Labute approximate surface area is 366 Å². The van der Waals surface area contributed by atoms with E-state index < -0.39 is 102 Å². The summed E-state index contributed by atoms with van der Waals surface area (Å²) in [6.45, 7) is -8.51. The number of piperazine rings is 1. The van der Waals surface area contributed by atoms with Gasteiger partial charge in [0.2, 0.25) is 17.7 Å². The second kappa shape index (κ2) is 17.9. The number of piperidine rings is 2. The van der Waals surface area contributed by atoms with Crippen molar-refractivity contribution in [2.75, 3.05) is 74.3 Å². The minimum atomic E-state index is -3.41. The van der Waals surface area contributed by atoms with Gasteiger partial charge in [-0.25, -0.2) is 18.7 Å². The zero-order valence-electron chi connectivity index (χ0n) is 40.4. The monoisotopic (exact) mass is 863 g/mol. The zero-order valence-corrected chi connectivity index (χ0v) is 33.2. The van der Waals surface area contributed by atoms with Gasteiger partial charge in [0, 0.05) is 73.8 Å². The summed E-state index contributed by atoms with van der Waals surface area (Å²) in [7, 11) is 0. The molecule has 3 N–H and O–H groups in total. The molecule has 4 aromatic rings. The molecular formula is C43H44ClF2N9O6. The molecule has 0 radical (unpaired) electrons. The molecule has 1 unspecified atom stereocenters. The van der Waals surface area contributed by atoms with Crippen LogP contribution in [0.5, 0.6) is 5.75 Å². The van der Waals surface area contributed by atoms with Crippen molar-refractivity contribution >= 4 is 74.9 Å². The maximum atomic E-state index is 15.9. The predicted octanol–water partition coefficient (Wildman–Crippen LogP) is 5.13. The van der Waals surface area contributed by atoms with Gasteiger partial charge in [-0.15, -0.1) is 0 Å². The SMILES string of the molecule is [2H]C1([2H])N(CC2CCN(CCCOc3cc4ncnc(Nc5ccc(F)c(Cl)c5)c4cc3NC(=O)C=C)CC2)C([2H])([2H])C([2H])([2H])N(c2cc(F)c3c(c2)C(=O)N(C2CCC(=O)NC2=O)C3=O)C1([2H])[2H]. The molecule has 5 amide bonds. The fraction of sp³-hybridized carbons (Fsp3) is 0.372. The first kappa shape index (κ1) is 32.7. The van der Waals surface area contributed by atoms with Crippen LogP contribution in [0.25, 0.3) is 10.9 Å². The van der Waals surface area contributed by atoms with Gasteiger partial charge in [-0.1, -0.05) is 18.2 Å². The van der Waals surface area contributed by atoms with Crippen LogP contribution >= 0.6 is 11.6 Å². The number of amides is 5. The summed E-state index contributed by atoms with van der Waals surface area (Å²) in [5, 5.41) is 8.26. The third-order valence-electron chi connectivity index (χ3n) is 10.7. The molecule has 4 aliphatic heterocycles. The highest BCUT2D eigenvalue weighted by Crippen LogP contribution is 2.36. The van der Waals surface area contributed by atoms with Crippen molar-refractivity contribution in [2.24, 2.45) is 5.92 Å². The maximum Gasteiger partial charge on any atom is 0.265 e. The minimum Gasteiger partial charge on any atom is -0.491 e. The lowest BCUT2D eigenvalue weighted by Gasteiger charge is -2.39. The van der Waals surface area contributed by atoms with Gasteiger partial charge in [0.1, 0.15) is 35.6 Å². The van der Waals surface area contributed by atoms with E-state index in [2.05, 4.69) is 32.1 Å². The summed E-state index contributed by atoms with van der Waals surface area (Å²) >= 11 is 5.96. The lowest BCUT2D eigenvalue weighted by molar-refractivity contribution is -0.136. The van der Waals surface area contributed by atoms with Crippen molar-refractivity contribution in [2.45, 2.75) is 38.1 Å². The van der Waals surface area contributed by atoms with Crippen molar-refractivity contribution in [1.29, 1.82) is 0 Å². The van der Waals surface area contributed by atoms with E-state index in [4.69, 9.17) is 27.3 Å². The van der Waals surface area contributed by atoms with E-state index in [-0.39, 0.29) is 29.4 Å². The Morgan fingerprint density at radius 3 is 2.51 bits per heavy atom. The highest BCUT2D eigenvalue weighted by Gasteiger charge is 2.46. The number of hydrogen-bond donors (Lipinski definition) is 3. The van der Waals surface area contributed by atoms with Gasteiger partial charge in [0.25, 0.3) is 11.8 Å². The Morgan fingerprint density at radius 1 is 0.984 bits per heavy atom. The summed E-state index contributed by atoms with van der Waals surface area (Å²) in [6.07, 6.45) is 3.32. The average Bonchev–Trinajstić information content (AvgIpc) is 3.53. The normalized spacial score (nSPS) is 24.2. The lowest BCUT2D eigenvalue weighted by atomic mass is 9.95. The summed E-state index contributed by atoms with van der Waals surface area (Å²) in [6, 6.07) is 7.20. The minimum absolute atomic E-state index is 0.0883. The topological polar surface area (TPSA) is 169 Å². The van der Waals surface area contributed by atoms with Crippen LogP contribution in [-0.2, 0) is 14.4 Å². The van der Waals surface area contributed by atoms with Gasteiger partial charge in [-0.3, -0.25) is 39.1 Å². The van der Waals surface area contributed by atoms with Gasteiger partial charge < -0.3 is 25.2 Å². The molecule has 318 valence electrons. The number of anilines is 4. The van der Waals surface area contributed by atoms with Gasteiger partial charge in [-0.2, -0.15) is 0 Å². The number of aromatic nitrogens is 2. The van der Waals surface area contributed by atoms with E-state index in [0.717, 1.165) is 12.1 Å². The van der Waals surface area contributed by atoms with Crippen LogP contribution in [0.2, 0.25) is 5.02 Å². The van der Waals surface area contributed by atoms with Crippen molar-refractivity contribution in [3.63, 3.8) is 0 Å². The smallest absolute Gasteiger partial charge is 0.265 e. The maximum absolute atomic E-state index is 15.9. The predicted molar refractivity (Wildman–Crippen MR) is 224 cm³/mol. The van der Waals surface area contributed by atoms with Gasteiger partial charge >= 0.3 is 0 Å². The number of carbonyl (C=O) groups excluding carboxylic acids is 5. The Kier molecular flexibility index (Phi) is 9.59. The standard InChI is InChI=1S/C43H44ClF2N9O6/c1-2-37(56)50-34-21-28-33(47-24-48-40(28)49-26-4-5-31(45)30(44)18-26)22-36(34)61-17-3-10-52-11-8-25(9-12-52)23-53-13-15-54(16-14-53)27-19-29-39(32(46)20-27)43(60)55(42(29)59)35-6-7-38(57)51-41(35)58/h2,4-5,18-22,24-25,35H,1,3,6-17,23H2,(H,50,56)(H,47,48,49)(H,51,57,58)/i13D2,14D2,15D2,16D2. The molecule has 15 nitrogen and oxygen atoms in total. The van der Waals surface area contributed by atoms with Crippen LogP contribution in [0, 0.1) is 17.6 Å². The highest BCUT2D eigenvalue weighted by molar-refractivity contribution is 6.31. The second-order valence-corrected chi connectivity index (χ2v) is 15.1. The molecule has 0 bridgehead atoms. The molecule has 5 heterocycles. The van der Waals surface area contributed by atoms with E-state index in [0.29, 0.717) is 88.6 Å². The van der Waals surface area contributed by atoms with Crippen LogP contribution in [-0.4, -0.2) is 119 Å². The number of benzene rings is 3. The van der Waals surface area contributed by atoms with E-state index in [1.807, 2.05) is 5.32 Å². The largest absolute Gasteiger partial charge is 0.491 e. The number of carbonyl (C=O) groups is 5. The number of imide groups is 2. The van der Waals surface area contributed by atoms with E-state index in [1.54, 1.807) is 12.1 Å². The fourth-order valence-corrected chi connectivity index (χ4v) is 7.76. The highest BCUT2D eigenvalue weighted by atomic mass is 35.5. The molecule has 61 heavy (non-hydrogen) atoms. The molecule has 3 aromatic carbocycles. The third kappa shape index (κ3) is 9.04. The first-order chi connectivity index (χ1) is 32.5. The number of likely N-dealkylation sites (tertiary alicyclic amines) is 1. The molecule has 1 aromatic heterocycles. The van der Waals surface area contributed by atoms with Crippen LogP contribution in [0.1, 0.15) is 63.8 Å². The summed E-state index contributed by atoms with van der Waals surface area (Å²) in [5.41, 5.74) is -0.983. The summed E-state index contributed by atoms with van der Waals surface area (Å²) in [4.78, 5) is 75.4. The lowest BCUT2D eigenvalue weighted by Crippen LogP contribution is -2.54. The second-order valence-electron chi connectivity index (χ2n) is 14.7. The number of halogens is 3. The molecule has 4 aliphatic rings. The van der Waals surface area contributed by atoms with E-state index >= 15 is 4.39 Å². The summed E-state index contributed by atoms with van der Waals surface area (Å²) in [5.74, 6) is -6.23. The molecule has 3 saturated heterocycles. The molecule has 0 saturated carbocycles. The number of fused-ring (bicyclic) bond motifs is 2. The van der Waals surface area contributed by atoms with Crippen molar-refractivity contribution in [3.8, 4) is 5.75 Å². The third-order valence-corrected chi connectivity index (χ3v) is 11.0. The van der Waals surface area contributed by atoms with E-state index in [9.17, 15) is 28.4 Å². The first-order valence-electron chi connectivity index (χ1n) is 23.4. The Bertz CT molecular complexity index is 2780. The molecular weight excluding hydrogens is 812 g/mol. The van der Waals surface area contributed by atoms with Gasteiger partial charge in [0.05, 0.1) is 39.4 Å². The number of nitrogens with one attached hydrogen (secondary N) is 3. The zero-order chi connectivity index (χ0) is 50.0. The Hall–Kier alpha value is -6.04. The van der Waals surface area contributed by atoms with Crippen LogP contribution in [0.4, 0.5) is 31.7 Å². The molecule has 0 spiro atoms. The Balaban J connectivity index is 0.912. The van der Waals surface area contributed by atoms with Crippen molar-refractivity contribution < 1.29 is 48.5 Å². The van der Waals surface area contributed by atoms with Crippen molar-refractivity contribution in [1.82, 2.24) is 30.0 Å². The Morgan fingerprint density at radius 2 is 1.77 bits per heavy atom. The fourth-order valence-electron chi connectivity index (χ4n) is 7.57. The molecule has 1 atom stereocenters. The molecule has 0 aliphatic carbocycles. The number of nitrogens with zero attached hydrogens (tertiary/aromatic N) is 6. The first-order valence-corrected chi connectivity index (χ1v) is 19.8. The summed E-state index contributed by atoms with van der Waals surface area (Å²) < 4.78 is 108. The van der Waals surface area contributed by atoms with E-state index in [1.165, 1.54) is 24.5 Å². The number of rotatable bonds is 13. The van der Waals surface area contributed by atoms with Crippen LogP contribution < -0.4 is 25.6 Å². The molecule has 8 rings (SSSR count). The van der Waals surface area contributed by atoms with Gasteiger partial charge in [0.15, 0.2) is 0 Å². The van der Waals surface area contributed by atoms with Crippen LogP contribution in [0.15, 0.2) is 61.4 Å². The molecule has 3 fully saturated rings. The van der Waals surface area contributed by atoms with Crippen LogP contribution in [0.3, 0.4) is 0 Å². The molecule has 18 heteroatoms. The number of hydrogen-bond acceptors (Lipinski definition) is 12. The van der Waals surface area contributed by atoms with Crippen molar-refractivity contribution in [3.05, 3.63) is 89.2 Å². The average molecular weight is 864 g/mol. The van der Waals surface area contributed by atoms with Gasteiger partial charge in [-0.05, 0) is 87.2 Å². The number of ether oxygens (including phenoxy) is 1.